The van der Waals surface area contributed by atoms with Crippen LogP contribution in [0.2, 0.25) is 0 Å². The van der Waals surface area contributed by atoms with E-state index in [4.69, 9.17) is 4.42 Å². The highest BCUT2D eigenvalue weighted by atomic mass is 19.4. The molecular formula is C21H18F3N3O2. The van der Waals surface area contributed by atoms with E-state index in [9.17, 15) is 18.0 Å². The summed E-state index contributed by atoms with van der Waals surface area (Å²) in [5.41, 5.74) is 2.38. The third-order valence-corrected chi connectivity index (χ3v) is 4.98. The molecule has 0 N–H and O–H groups in total. The summed E-state index contributed by atoms with van der Waals surface area (Å²) in [5, 5.41) is 0. The van der Waals surface area contributed by atoms with Crippen LogP contribution in [0.25, 0.3) is 11.0 Å². The van der Waals surface area contributed by atoms with Crippen molar-refractivity contribution < 1.29 is 22.4 Å². The number of nitrogens with zero attached hydrogens (tertiary/aromatic N) is 3. The molecule has 5 nitrogen and oxygen atoms in total. The Labute approximate surface area is 164 Å². The Morgan fingerprint density at radius 2 is 1.86 bits per heavy atom. The number of Topliss-reactive ketones (excluding diaryl/α,β-unsaturated/α-hetero) is 1. The molecule has 0 aliphatic rings. The van der Waals surface area contributed by atoms with Gasteiger partial charge in [0.05, 0.1) is 30.4 Å². The maximum absolute atomic E-state index is 13.5. The minimum Gasteiger partial charge on any atom is -0.467 e. The quantitative estimate of drug-likeness (QED) is 0.443. The van der Waals surface area contributed by atoms with Crippen LogP contribution >= 0.6 is 0 Å². The fourth-order valence-corrected chi connectivity index (χ4v) is 3.57. The molecule has 0 radical (unpaired) electrons. The summed E-state index contributed by atoms with van der Waals surface area (Å²) >= 11 is 0. The van der Waals surface area contributed by atoms with Crippen molar-refractivity contribution in [3.05, 3.63) is 77.3 Å². The zero-order chi connectivity index (χ0) is 20.8. The van der Waals surface area contributed by atoms with E-state index in [1.165, 1.54) is 12.1 Å². The van der Waals surface area contributed by atoms with Crippen LogP contribution in [0.3, 0.4) is 0 Å². The number of aromatic nitrogens is 3. The van der Waals surface area contributed by atoms with Crippen LogP contribution in [0.4, 0.5) is 13.2 Å². The normalized spacial score (nSPS) is 12.0. The van der Waals surface area contributed by atoms with E-state index < -0.39 is 24.3 Å². The molecule has 0 amide bonds. The predicted octanol–water partition coefficient (Wildman–Crippen LogP) is 5.00. The second-order valence-electron chi connectivity index (χ2n) is 6.88. The summed E-state index contributed by atoms with van der Waals surface area (Å²) in [4.78, 5) is 16.7. The van der Waals surface area contributed by atoms with Crippen molar-refractivity contribution in [3.8, 4) is 0 Å². The maximum atomic E-state index is 13.5. The number of hydrogen-bond donors (Lipinski definition) is 0. The number of alkyl halides is 3. The van der Waals surface area contributed by atoms with Gasteiger partial charge in [-0.1, -0.05) is 12.1 Å². The van der Waals surface area contributed by atoms with E-state index in [1.54, 1.807) is 37.5 Å². The molecule has 29 heavy (non-hydrogen) atoms. The molecule has 3 aromatic heterocycles. The van der Waals surface area contributed by atoms with Crippen molar-refractivity contribution >= 4 is 16.8 Å². The number of carbonyl (C=O) groups excluding carboxylic acids is 1. The second kappa shape index (κ2) is 6.95. The Morgan fingerprint density at radius 3 is 2.55 bits per heavy atom. The first-order valence-electron chi connectivity index (χ1n) is 9.00. The number of aryl methyl sites for hydroxylation is 1. The lowest BCUT2D eigenvalue weighted by Crippen LogP contribution is -2.19. The Morgan fingerprint density at radius 1 is 1.10 bits per heavy atom. The molecule has 4 aromatic rings. The van der Waals surface area contributed by atoms with Gasteiger partial charge < -0.3 is 13.6 Å². The minimum atomic E-state index is -4.66. The Hall–Kier alpha value is -3.29. The first-order valence-corrected chi connectivity index (χ1v) is 9.00. The molecule has 8 heteroatoms. The number of carbonyl (C=O) groups is 1. The molecule has 0 spiro atoms. The average Bonchev–Trinajstić information content (AvgIpc) is 3.37. The number of rotatable bonds is 5. The number of imidazole rings is 1. The van der Waals surface area contributed by atoms with Crippen molar-refractivity contribution in [3.63, 3.8) is 0 Å². The first-order chi connectivity index (χ1) is 13.8. The molecular weight excluding hydrogens is 383 g/mol. The highest BCUT2D eigenvalue weighted by molar-refractivity contribution is 5.98. The molecule has 0 bridgehead atoms. The number of benzene rings is 1. The summed E-state index contributed by atoms with van der Waals surface area (Å²) in [6.07, 6.45) is -3.09. The SMILES string of the molecule is Cc1cc(C(=O)Cn2c(C(F)(F)F)nc3ccccc32)c(C)n1Cc1ccco1. The maximum Gasteiger partial charge on any atom is 0.449 e. The van der Waals surface area contributed by atoms with Crippen LogP contribution in [0.15, 0.2) is 53.1 Å². The largest absolute Gasteiger partial charge is 0.467 e. The number of ketones is 1. The van der Waals surface area contributed by atoms with Crippen LogP contribution in [0.1, 0.15) is 33.3 Å². The van der Waals surface area contributed by atoms with Gasteiger partial charge in [0.1, 0.15) is 5.76 Å². The molecule has 3 heterocycles. The highest BCUT2D eigenvalue weighted by Crippen LogP contribution is 2.32. The Balaban J connectivity index is 1.71. The third-order valence-electron chi connectivity index (χ3n) is 4.98. The number of hydrogen-bond acceptors (Lipinski definition) is 3. The molecule has 0 fully saturated rings. The molecule has 0 saturated heterocycles. The van der Waals surface area contributed by atoms with Crippen molar-refractivity contribution in [2.75, 3.05) is 0 Å². The lowest BCUT2D eigenvalue weighted by atomic mass is 10.1. The van der Waals surface area contributed by atoms with Gasteiger partial charge in [0.2, 0.25) is 5.82 Å². The zero-order valence-electron chi connectivity index (χ0n) is 15.8. The third kappa shape index (κ3) is 3.46. The summed E-state index contributed by atoms with van der Waals surface area (Å²) in [6, 6.07) is 11.6. The second-order valence-corrected chi connectivity index (χ2v) is 6.88. The van der Waals surface area contributed by atoms with Gasteiger partial charge in [-0.15, -0.1) is 0 Å². The monoisotopic (exact) mass is 401 g/mol. The van der Waals surface area contributed by atoms with E-state index in [-0.39, 0.29) is 11.0 Å². The van der Waals surface area contributed by atoms with Gasteiger partial charge in [0.25, 0.3) is 0 Å². The summed E-state index contributed by atoms with van der Waals surface area (Å²) in [6.45, 7) is 3.63. The topological polar surface area (TPSA) is 53.0 Å². The first kappa shape index (κ1) is 19.0. The van der Waals surface area contributed by atoms with Crippen LogP contribution < -0.4 is 0 Å². The van der Waals surface area contributed by atoms with Crippen LogP contribution in [0.5, 0.6) is 0 Å². The van der Waals surface area contributed by atoms with Crippen molar-refractivity contribution in [1.82, 2.24) is 14.1 Å². The molecule has 0 aliphatic heterocycles. The summed E-state index contributed by atoms with van der Waals surface area (Å²) in [7, 11) is 0. The highest BCUT2D eigenvalue weighted by Gasteiger charge is 2.38. The van der Waals surface area contributed by atoms with Crippen LogP contribution in [-0.4, -0.2) is 19.9 Å². The van der Waals surface area contributed by atoms with Gasteiger partial charge in [0, 0.05) is 17.0 Å². The lowest BCUT2D eigenvalue weighted by Gasteiger charge is -2.11. The fraction of sp³-hybridized carbons (Fsp3) is 0.238. The van der Waals surface area contributed by atoms with E-state index in [2.05, 4.69) is 4.98 Å². The molecule has 1 aromatic carbocycles. The molecule has 0 atom stereocenters. The number of halogens is 3. The predicted molar refractivity (Wildman–Crippen MR) is 101 cm³/mol. The smallest absolute Gasteiger partial charge is 0.449 e. The van der Waals surface area contributed by atoms with Crippen LogP contribution in [-0.2, 0) is 19.3 Å². The van der Waals surface area contributed by atoms with Gasteiger partial charge in [-0.3, -0.25) is 4.79 Å². The van der Waals surface area contributed by atoms with Gasteiger partial charge in [-0.05, 0) is 44.2 Å². The van der Waals surface area contributed by atoms with E-state index >= 15 is 0 Å². The van der Waals surface area contributed by atoms with E-state index in [1.807, 2.05) is 17.6 Å². The standard InChI is InChI=1S/C21H18F3N3O2/c1-13-10-16(14(2)26(13)11-15-6-5-9-29-15)19(28)12-27-18-8-4-3-7-17(18)25-20(27)21(22,23)24/h3-10H,11-12H2,1-2H3. The molecule has 0 aliphatic carbocycles. The zero-order valence-corrected chi connectivity index (χ0v) is 15.8. The van der Waals surface area contributed by atoms with Crippen molar-refractivity contribution in [1.29, 1.82) is 0 Å². The fourth-order valence-electron chi connectivity index (χ4n) is 3.57. The van der Waals surface area contributed by atoms with Gasteiger partial charge in [-0.25, -0.2) is 4.98 Å². The molecule has 150 valence electrons. The van der Waals surface area contributed by atoms with Gasteiger partial charge >= 0.3 is 6.18 Å². The lowest BCUT2D eigenvalue weighted by molar-refractivity contribution is -0.146. The van der Waals surface area contributed by atoms with Gasteiger partial charge in [-0.2, -0.15) is 13.2 Å². The van der Waals surface area contributed by atoms with Crippen LogP contribution in [0, 0.1) is 13.8 Å². The summed E-state index contributed by atoms with van der Waals surface area (Å²) in [5.74, 6) is -0.750. The molecule has 0 saturated carbocycles. The van der Waals surface area contributed by atoms with Crippen molar-refractivity contribution in [2.45, 2.75) is 33.1 Å². The number of furan rings is 1. The Kier molecular flexibility index (Phi) is 4.56. The Bertz CT molecular complexity index is 1180. The summed E-state index contributed by atoms with van der Waals surface area (Å²) < 4.78 is 48.7. The number of fused-ring (bicyclic) bond motifs is 1. The minimum absolute atomic E-state index is 0.205. The molecule has 4 rings (SSSR count). The average molecular weight is 401 g/mol. The van der Waals surface area contributed by atoms with E-state index in [0.29, 0.717) is 17.8 Å². The van der Waals surface area contributed by atoms with Crippen molar-refractivity contribution in [2.24, 2.45) is 0 Å². The van der Waals surface area contributed by atoms with E-state index in [0.717, 1.165) is 16.0 Å². The van der Waals surface area contributed by atoms with Gasteiger partial charge in [0.15, 0.2) is 5.78 Å². The number of para-hydroxylation sites is 2. The molecule has 0 unspecified atom stereocenters.